The zero-order valence-corrected chi connectivity index (χ0v) is 14.2. The molecule has 2 saturated heterocycles. The Morgan fingerprint density at radius 3 is 2.83 bits per heavy atom. The van der Waals surface area contributed by atoms with E-state index in [0.717, 1.165) is 26.0 Å². The molecule has 0 radical (unpaired) electrons. The molecule has 1 saturated carbocycles. The first-order valence-corrected chi connectivity index (χ1v) is 9.12. The van der Waals surface area contributed by atoms with Gasteiger partial charge in [-0.05, 0) is 45.7 Å². The minimum atomic E-state index is 0.0351. The SMILES string of the molecule is CCOCC(=O)N1CCO[C@H]2[C@H]1CC[C@H]2OCCN1CCCC1. The van der Waals surface area contributed by atoms with E-state index in [1.54, 1.807) is 0 Å². The van der Waals surface area contributed by atoms with Crippen LogP contribution in [0.1, 0.15) is 32.6 Å². The van der Waals surface area contributed by atoms with Crippen LogP contribution in [0.25, 0.3) is 0 Å². The third-order valence-electron chi connectivity index (χ3n) is 5.22. The van der Waals surface area contributed by atoms with E-state index in [1.807, 2.05) is 11.8 Å². The maximum Gasteiger partial charge on any atom is 0.248 e. The molecular formula is C17H30N2O4. The minimum Gasteiger partial charge on any atom is -0.374 e. The van der Waals surface area contributed by atoms with Gasteiger partial charge in [-0.15, -0.1) is 0 Å². The summed E-state index contributed by atoms with van der Waals surface area (Å²) in [6, 6.07) is 0.161. The van der Waals surface area contributed by atoms with Gasteiger partial charge in [-0.25, -0.2) is 0 Å². The molecule has 0 N–H and O–H groups in total. The number of morpholine rings is 1. The molecule has 1 amide bonds. The maximum atomic E-state index is 12.3. The van der Waals surface area contributed by atoms with Gasteiger partial charge in [0.15, 0.2) is 0 Å². The quantitative estimate of drug-likeness (QED) is 0.696. The lowest BCUT2D eigenvalue weighted by molar-refractivity contribution is -0.155. The molecule has 3 rings (SSSR count). The van der Waals surface area contributed by atoms with Crippen molar-refractivity contribution in [3.8, 4) is 0 Å². The lowest BCUT2D eigenvalue weighted by Crippen LogP contribution is -2.54. The Hall–Kier alpha value is -0.690. The fraction of sp³-hybridized carbons (Fsp3) is 0.941. The molecule has 0 aromatic heterocycles. The van der Waals surface area contributed by atoms with Crippen LogP contribution in [-0.4, -0.2) is 86.6 Å². The summed E-state index contributed by atoms with van der Waals surface area (Å²) in [4.78, 5) is 16.7. The molecule has 3 aliphatic rings. The van der Waals surface area contributed by atoms with Gasteiger partial charge in [0.1, 0.15) is 12.7 Å². The first-order valence-electron chi connectivity index (χ1n) is 9.12. The predicted octanol–water partition coefficient (Wildman–Crippen LogP) is 0.894. The van der Waals surface area contributed by atoms with Crippen LogP contribution in [0.2, 0.25) is 0 Å². The van der Waals surface area contributed by atoms with Crippen molar-refractivity contribution >= 4 is 5.91 Å². The van der Waals surface area contributed by atoms with Gasteiger partial charge in [0.25, 0.3) is 0 Å². The monoisotopic (exact) mass is 326 g/mol. The Morgan fingerprint density at radius 1 is 1.22 bits per heavy atom. The number of amides is 1. The topological polar surface area (TPSA) is 51.2 Å². The second-order valence-electron chi connectivity index (χ2n) is 6.66. The summed E-state index contributed by atoms with van der Waals surface area (Å²) in [6.07, 6.45) is 4.74. The largest absolute Gasteiger partial charge is 0.374 e. The number of fused-ring (bicyclic) bond motifs is 1. The lowest BCUT2D eigenvalue weighted by atomic mass is 10.1. The second-order valence-corrected chi connectivity index (χ2v) is 6.66. The van der Waals surface area contributed by atoms with E-state index in [2.05, 4.69) is 4.90 Å². The molecule has 1 aliphatic carbocycles. The summed E-state index contributed by atoms with van der Waals surface area (Å²) < 4.78 is 17.3. The van der Waals surface area contributed by atoms with Crippen molar-refractivity contribution in [2.75, 3.05) is 52.6 Å². The van der Waals surface area contributed by atoms with Crippen LogP contribution >= 0.6 is 0 Å². The Labute approximate surface area is 139 Å². The van der Waals surface area contributed by atoms with E-state index < -0.39 is 0 Å². The highest BCUT2D eigenvalue weighted by atomic mass is 16.5. The molecule has 2 aliphatic heterocycles. The molecule has 3 atom stereocenters. The highest BCUT2D eigenvalue weighted by molar-refractivity contribution is 5.78. The molecular weight excluding hydrogens is 296 g/mol. The first kappa shape index (κ1) is 17.1. The third-order valence-corrected chi connectivity index (χ3v) is 5.22. The minimum absolute atomic E-state index is 0.0351. The lowest BCUT2D eigenvalue weighted by Gasteiger charge is -2.39. The Morgan fingerprint density at radius 2 is 2.04 bits per heavy atom. The fourth-order valence-electron chi connectivity index (χ4n) is 4.02. The average Bonchev–Trinajstić information content (AvgIpc) is 3.22. The zero-order chi connectivity index (χ0) is 16.1. The van der Waals surface area contributed by atoms with Gasteiger partial charge < -0.3 is 24.0 Å². The number of likely N-dealkylation sites (tertiary alicyclic amines) is 1. The summed E-state index contributed by atoms with van der Waals surface area (Å²) in [5.74, 6) is 0.0860. The maximum absolute atomic E-state index is 12.3. The number of rotatable bonds is 7. The van der Waals surface area contributed by atoms with Crippen LogP contribution in [0.3, 0.4) is 0 Å². The molecule has 0 aromatic rings. The Bertz CT molecular complexity index is 387. The molecule has 0 aromatic carbocycles. The van der Waals surface area contributed by atoms with Crippen LogP contribution in [0, 0.1) is 0 Å². The average molecular weight is 326 g/mol. The van der Waals surface area contributed by atoms with Crippen molar-refractivity contribution in [3.05, 3.63) is 0 Å². The van der Waals surface area contributed by atoms with Crippen molar-refractivity contribution in [3.63, 3.8) is 0 Å². The van der Waals surface area contributed by atoms with Gasteiger partial charge in [0.05, 0.1) is 25.4 Å². The normalized spacial score (nSPS) is 31.5. The van der Waals surface area contributed by atoms with Crippen LogP contribution < -0.4 is 0 Å². The smallest absolute Gasteiger partial charge is 0.248 e. The molecule has 0 bridgehead atoms. The van der Waals surface area contributed by atoms with Crippen molar-refractivity contribution in [2.45, 2.75) is 50.9 Å². The van der Waals surface area contributed by atoms with Crippen LogP contribution in [0.5, 0.6) is 0 Å². The fourth-order valence-corrected chi connectivity index (χ4v) is 4.02. The number of nitrogens with zero attached hydrogens (tertiary/aromatic N) is 2. The van der Waals surface area contributed by atoms with E-state index in [4.69, 9.17) is 14.2 Å². The summed E-state index contributed by atoms with van der Waals surface area (Å²) in [5.41, 5.74) is 0. The molecule has 3 fully saturated rings. The number of hydrogen-bond donors (Lipinski definition) is 0. The molecule has 2 heterocycles. The molecule has 0 spiro atoms. The molecule has 0 unspecified atom stereocenters. The molecule has 6 heteroatoms. The molecule has 6 nitrogen and oxygen atoms in total. The second kappa shape index (κ2) is 8.42. The number of ether oxygens (including phenoxy) is 3. The van der Waals surface area contributed by atoms with E-state index in [-0.39, 0.29) is 30.8 Å². The van der Waals surface area contributed by atoms with Gasteiger partial charge >= 0.3 is 0 Å². The highest BCUT2D eigenvalue weighted by Crippen LogP contribution is 2.32. The van der Waals surface area contributed by atoms with Crippen LogP contribution in [0.4, 0.5) is 0 Å². The van der Waals surface area contributed by atoms with E-state index >= 15 is 0 Å². The van der Waals surface area contributed by atoms with Gasteiger partial charge in [-0.3, -0.25) is 4.79 Å². The first-order chi connectivity index (χ1) is 11.3. The van der Waals surface area contributed by atoms with Crippen molar-refractivity contribution in [1.82, 2.24) is 9.80 Å². The number of carbonyl (C=O) groups excluding carboxylic acids is 1. The molecule has 23 heavy (non-hydrogen) atoms. The van der Waals surface area contributed by atoms with Gasteiger partial charge in [0.2, 0.25) is 5.91 Å². The molecule has 132 valence electrons. The van der Waals surface area contributed by atoms with Crippen LogP contribution in [-0.2, 0) is 19.0 Å². The van der Waals surface area contributed by atoms with Crippen molar-refractivity contribution in [2.24, 2.45) is 0 Å². The third kappa shape index (κ3) is 4.24. The predicted molar refractivity (Wildman–Crippen MR) is 86.4 cm³/mol. The van der Waals surface area contributed by atoms with Crippen molar-refractivity contribution < 1.29 is 19.0 Å². The van der Waals surface area contributed by atoms with Gasteiger partial charge in [-0.1, -0.05) is 0 Å². The van der Waals surface area contributed by atoms with Gasteiger partial charge in [-0.2, -0.15) is 0 Å². The zero-order valence-electron chi connectivity index (χ0n) is 14.2. The van der Waals surface area contributed by atoms with E-state index in [1.165, 1.54) is 25.9 Å². The summed E-state index contributed by atoms with van der Waals surface area (Å²) in [5, 5.41) is 0. The Balaban J connectivity index is 1.46. The van der Waals surface area contributed by atoms with E-state index in [9.17, 15) is 4.79 Å². The summed E-state index contributed by atoms with van der Waals surface area (Å²) in [7, 11) is 0. The Kier molecular flexibility index (Phi) is 6.28. The summed E-state index contributed by atoms with van der Waals surface area (Å²) in [6.45, 7) is 8.14. The van der Waals surface area contributed by atoms with Gasteiger partial charge in [0, 0.05) is 19.7 Å². The van der Waals surface area contributed by atoms with E-state index in [0.29, 0.717) is 19.8 Å². The number of hydrogen-bond acceptors (Lipinski definition) is 5. The standard InChI is InChI=1S/C17H30N2O4/c1-2-21-13-16(20)19-10-12-23-17-14(19)5-6-15(17)22-11-9-18-7-3-4-8-18/h14-15,17H,2-13H2,1H3/t14-,15-,17+/m1/s1. The van der Waals surface area contributed by atoms with Crippen LogP contribution in [0.15, 0.2) is 0 Å². The number of carbonyl (C=O) groups is 1. The highest BCUT2D eigenvalue weighted by Gasteiger charge is 2.44. The van der Waals surface area contributed by atoms with Crippen molar-refractivity contribution in [1.29, 1.82) is 0 Å². The summed E-state index contributed by atoms with van der Waals surface area (Å²) >= 11 is 0.